The van der Waals surface area contributed by atoms with Gasteiger partial charge in [-0.3, -0.25) is 9.59 Å². The summed E-state index contributed by atoms with van der Waals surface area (Å²) in [7, 11) is 1.64. The van der Waals surface area contributed by atoms with Crippen molar-refractivity contribution in [3.05, 3.63) is 68.5 Å². The van der Waals surface area contributed by atoms with Crippen molar-refractivity contribution < 1.29 is 23.8 Å². The number of thiophene rings is 2. The second-order valence-corrected chi connectivity index (χ2v) is 10.00. The van der Waals surface area contributed by atoms with Gasteiger partial charge < -0.3 is 24.0 Å². The van der Waals surface area contributed by atoms with Gasteiger partial charge >= 0.3 is 0 Å². The first kappa shape index (κ1) is 24.3. The lowest BCUT2D eigenvalue weighted by atomic mass is 10.2. The number of fused-ring (bicyclic) bond motifs is 1. The molecule has 1 aliphatic rings. The maximum absolute atomic E-state index is 13.5. The van der Waals surface area contributed by atoms with E-state index in [2.05, 4.69) is 0 Å². The Hall–Kier alpha value is -2.88. The highest BCUT2D eigenvalue weighted by molar-refractivity contribution is 7.10. The average Bonchev–Trinajstić information content (AvgIpc) is 3.61. The van der Waals surface area contributed by atoms with E-state index in [1.54, 1.807) is 39.6 Å². The summed E-state index contributed by atoms with van der Waals surface area (Å²) >= 11 is 3.16. The number of carbonyl (C=O) groups excluding carboxylic acids is 2. The summed E-state index contributed by atoms with van der Waals surface area (Å²) in [4.78, 5) is 32.1. The van der Waals surface area contributed by atoms with Gasteiger partial charge in [0.25, 0.3) is 0 Å². The van der Waals surface area contributed by atoms with Crippen LogP contribution in [0, 0.1) is 0 Å². The van der Waals surface area contributed by atoms with Crippen LogP contribution >= 0.6 is 22.7 Å². The van der Waals surface area contributed by atoms with Crippen LogP contribution in [-0.2, 0) is 33.8 Å². The number of amides is 2. The van der Waals surface area contributed by atoms with Gasteiger partial charge in [0.2, 0.25) is 18.6 Å². The average molecular weight is 501 g/mol. The summed E-state index contributed by atoms with van der Waals surface area (Å²) in [6.45, 7) is 2.14. The van der Waals surface area contributed by atoms with Crippen LogP contribution in [0.1, 0.15) is 21.7 Å². The predicted octanol–water partition coefficient (Wildman–Crippen LogP) is 4.17. The van der Waals surface area contributed by atoms with E-state index >= 15 is 0 Å². The highest BCUT2D eigenvalue weighted by atomic mass is 32.1. The number of nitrogens with zero attached hydrogens (tertiary/aromatic N) is 2. The van der Waals surface area contributed by atoms with Crippen LogP contribution < -0.4 is 9.47 Å². The monoisotopic (exact) mass is 500 g/mol. The van der Waals surface area contributed by atoms with E-state index in [0.717, 1.165) is 15.3 Å². The summed E-state index contributed by atoms with van der Waals surface area (Å²) in [6, 6.07) is 13.6. The first-order valence-corrected chi connectivity index (χ1v) is 12.9. The maximum Gasteiger partial charge on any atom is 0.242 e. The smallest absolute Gasteiger partial charge is 0.242 e. The molecule has 180 valence electrons. The largest absolute Gasteiger partial charge is 0.454 e. The van der Waals surface area contributed by atoms with Crippen LogP contribution in [-0.4, -0.2) is 55.2 Å². The first-order valence-electron chi connectivity index (χ1n) is 11.1. The molecule has 1 aromatic carbocycles. The van der Waals surface area contributed by atoms with Crippen molar-refractivity contribution in [1.82, 2.24) is 9.80 Å². The number of rotatable bonds is 12. The lowest BCUT2D eigenvalue weighted by molar-refractivity contribution is -0.141. The fourth-order valence-electron chi connectivity index (χ4n) is 3.71. The minimum Gasteiger partial charge on any atom is -0.454 e. The van der Waals surface area contributed by atoms with Crippen molar-refractivity contribution in [1.29, 1.82) is 0 Å². The van der Waals surface area contributed by atoms with Gasteiger partial charge in [-0.15, -0.1) is 22.7 Å². The maximum atomic E-state index is 13.5. The molecule has 3 aromatic rings. The molecular formula is C25H28N2O5S2. The molecule has 0 fully saturated rings. The number of carbonyl (C=O) groups is 2. The van der Waals surface area contributed by atoms with E-state index in [1.165, 1.54) is 0 Å². The van der Waals surface area contributed by atoms with Crippen LogP contribution in [0.4, 0.5) is 0 Å². The van der Waals surface area contributed by atoms with Gasteiger partial charge in [0.1, 0.15) is 0 Å². The summed E-state index contributed by atoms with van der Waals surface area (Å²) in [5, 5.41) is 3.96. The second kappa shape index (κ2) is 12.0. The standard InChI is InChI=1S/C25H28N2O5S2/c1-30-10-4-9-26(24(28)14-20-5-2-11-33-20)17-25(29)27(16-21-6-3-12-34-21)15-19-7-8-22-23(13-19)32-18-31-22/h2-3,5-8,11-13H,4,9-10,14-18H2,1H3. The third-order valence-corrected chi connectivity index (χ3v) is 7.19. The SMILES string of the molecule is COCCCN(CC(=O)N(Cc1ccc2c(c1)OCO2)Cc1cccs1)C(=O)Cc1cccs1. The Morgan fingerprint density at radius 3 is 2.44 bits per heavy atom. The molecular weight excluding hydrogens is 472 g/mol. The Bertz CT molecular complexity index is 1070. The number of hydrogen-bond acceptors (Lipinski definition) is 7. The van der Waals surface area contributed by atoms with Gasteiger partial charge in [0.15, 0.2) is 11.5 Å². The van der Waals surface area contributed by atoms with Gasteiger partial charge in [0, 0.05) is 36.6 Å². The van der Waals surface area contributed by atoms with Crippen LogP contribution in [0.15, 0.2) is 53.2 Å². The fourth-order valence-corrected chi connectivity index (χ4v) is 5.13. The van der Waals surface area contributed by atoms with E-state index in [1.807, 2.05) is 53.2 Å². The number of methoxy groups -OCH3 is 1. The molecule has 7 nitrogen and oxygen atoms in total. The third kappa shape index (κ3) is 6.59. The minimum absolute atomic E-state index is 0.0316. The Morgan fingerprint density at radius 1 is 0.941 bits per heavy atom. The van der Waals surface area contributed by atoms with Gasteiger partial charge in [0.05, 0.1) is 19.5 Å². The van der Waals surface area contributed by atoms with Crippen LogP contribution in [0.25, 0.3) is 0 Å². The third-order valence-electron chi connectivity index (χ3n) is 5.45. The van der Waals surface area contributed by atoms with Crippen LogP contribution in [0.3, 0.4) is 0 Å². The van der Waals surface area contributed by atoms with Gasteiger partial charge in [-0.1, -0.05) is 18.2 Å². The number of ether oxygens (including phenoxy) is 3. The Balaban J connectivity index is 1.48. The molecule has 0 radical (unpaired) electrons. The van der Waals surface area contributed by atoms with E-state index in [9.17, 15) is 9.59 Å². The molecule has 2 aromatic heterocycles. The van der Waals surface area contributed by atoms with Crippen LogP contribution in [0.5, 0.6) is 11.5 Å². The molecule has 34 heavy (non-hydrogen) atoms. The highest BCUT2D eigenvalue weighted by Crippen LogP contribution is 2.33. The molecule has 0 unspecified atom stereocenters. The van der Waals surface area contributed by atoms with Gasteiger partial charge in [-0.25, -0.2) is 0 Å². The van der Waals surface area contributed by atoms with Crippen LogP contribution in [0.2, 0.25) is 0 Å². The van der Waals surface area contributed by atoms with Gasteiger partial charge in [-0.05, 0) is 47.0 Å². The highest BCUT2D eigenvalue weighted by Gasteiger charge is 2.23. The Morgan fingerprint density at radius 2 is 1.71 bits per heavy atom. The molecule has 4 rings (SSSR count). The molecule has 0 saturated heterocycles. The predicted molar refractivity (Wildman–Crippen MR) is 132 cm³/mol. The fraction of sp³-hybridized carbons (Fsp3) is 0.360. The summed E-state index contributed by atoms with van der Waals surface area (Å²) < 4.78 is 16.1. The normalized spacial score (nSPS) is 12.0. The van der Waals surface area contributed by atoms with E-state index < -0.39 is 0 Å². The molecule has 9 heteroatoms. The van der Waals surface area contributed by atoms with E-state index in [0.29, 0.717) is 50.6 Å². The lowest BCUT2D eigenvalue weighted by Gasteiger charge is -2.28. The summed E-state index contributed by atoms with van der Waals surface area (Å²) in [5.74, 6) is 1.26. The zero-order chi connectivity index (χ0) is 23.8. The van der Waals surface area contributed by atoms with E-state index in [-0.39, 0.29) is 25.2 Å². The second-order valence-electron chi connectivity index (χ2n) is 7.93. The zero-order valence-electron chi connectivity index (χ0n) is 19.1. The Kier molecular flexibility index (Phi) is 8.56. The molecule has 0 atom stereocenters. The minimum atomic E-state index is -0.0944. The van der Waals surface area contributed by atoms with Crippen molar-refractivity contribution in [3.63, 3.8) is 0 Å². The molecule has 0 N–H and O–H groups in total. The van der Waals surface area contributed by atoms with Gasteiger partial charge in [-0.2, -0.15) is 0 Å². The van der Waals surface area contributed by atoms with Crippen molar-refractivity contribution in [3.8, 4) is 11.5 Å². The zero-order valence-corrected chi connectivity index (χ0v) is 20.7. The molecule has 0 spiro atoms. The molecule has 0 bridgehead atoms. The molecule has 2 amide bonds. The van der Waals surface area contributed by atoms with Crippen molar-refractivity contribution >= 4 is 34.5 Å². The summed E-state index contributed by atoms with van der Waals surface area (Å²) in [5.41, 5.74) is 0.949. The lowest BCUT2D eigenvalue weighted by Crippen LogP contribution is -2.43. The summed E-state index contributed by atoms with van der Waals surface area (Å²) in [6.07, 6.45) is 0.970. The Labute approximate surface area is 207 Å². The van der Waals surface area contributed by atoms with Crippen molar-refractivity contribution in [2.45, 2.75) is 25.9 Å². The van der Waals surface area contributed by atoms with Crippen molar-refractivity contribution in [2.75, 3.05) is 33.6 Å². The molecule has 0 aliphatic carbocycles. The number of benzene rings is 1. The topological polar surface area (TPSA) is 68.3 Å². The molecule has 0 saturated carbocycles. The number of hydrogen-bond donors (Lipinski definition) is 0. The van der Waals surface area contributed by atoms with E-state index in [4.69, 9.17) is 14.2 Å². The molecule has 1 aliphatic heterocycles. The quantitative estimate of drug-likeness (QED) is 0.349. The van der Waals surface area contributed by atoms with Crippen molar-refractivity contribution in [2.24, 2.45) is 0 Å². The molecule has 3 heterocycles. The first-order chi connectivity index (χ1) is 16.6.